The minimum Gasteiger partial charge on any atom is -0.497 e. The number of rotatable bonds is 7. The molecule has 0 bridgehead atoms. The fraction of sp³-hybridized carbons (Fsp3) is 0.455. The molecule has 0 unspecified atom stereocenters. The molecule has 0 radical (unpaired) electrons. The highest BCUT2D eigenvalue weighted by molar-refractivity contribution is 7.89. The third-order valence-corrected chi connectivity index (χ3v) is 3.54. The first kappa shape index (κ1) is 13.8. The second-order valence-electron chi connectivity index (χ2n) is 3.32. The summed E-state index contributed by atoms with van der Waals surface area (Å²) in [5.74, 6) is 1.51. The van der Waals surface area contributed by atoms with E-state index in [4.69, 9.17) is 9.47 Å². The molecule has 0 heterocycles. The van der Waals surface area contributed by atoms with E-state index in [-0.39, 0.29) is 12.3 Å². The summed E-state index contributed by atoms with van der Waals surface area (Å²) < 4.78 is 35.0. The van der Waals surface area contributed by atoms with Crippen LogP contribution in [0.1, 0.15) is 6.92 Å². The maximum Gasteiger partial charge on any atom is 0.211 e. The summed E-state index contributed by atoms with van der Waals surface area (Å²) in [5.41, 5.74) is 0. The van der Waals surface area contributed by atoms with Crippen LogP contribution in [-0.2, 0) is 10.0 Å². The van der Waals surface area contributed by atoms with Crippen LogP contribution >= 0.6 is 0 Å². The van der Waals surface area contributed by atoms with E-state index in [1.165, 1.54) is 0 Å². The number of hydrogen-bond acceptors (Lipinski definition) is 4. The van der Waals surface area contributed by atoms with Gasteiger partial charge >= 0.3 is 0 Å². The van der Waals surface area contributed by atoms with Crippen LogP contribution in [0.25, 0.3) is 0 Å². The molecule has 0 saturated heterocycles. The smallest absolute Gasteiger partial charge is 0.211 e. The average Bonchev–Trinajstić information content (AvgIpc) is 2.35. The van der Waals surface area contributed by atoms with Gasteiger partial charge in [-0.15, -0.1) is 0 Å². The zero-order valence-corrected chi connectivity index (χ0v) is 10.8. The number of hydrogen-bond donors (Lipinski definition) is 1. The summed E-state index contributed by atoms with van der Waals surface area (Å²) in [4.78, 5) is 0. The summed E-state index contributed by atoms with van der Waals surface area (Å²) in [6, 6.07) is 7.11. The highest BCUT2D eigenvalue weighted by Crippen LogP contribution is 2.16. The number of ether oxygens (including phenoxy) is 2. The predicted molar refractivity (Wildman–Crippen MR) is 66.0 cm³/mol. The maximum absolute atomic E-state index is 11.1. The van der Waals surface area contributed by atoms with Crippen LogP contribution in [0, 0.1) is 0 Å². The Bertz CT molecular complexity index is 427. The lowest BCUT2D eigenvalue weighted by molar-refractivity contribution is 0.322. The largest absolute Gasteiger partial charge is 0.497 e. The second kappa shape index (κ2) is 6.46. The molecule has 0 fully saturated rings. The lowest BCUT2D eigenvalue weighted by Crippen LogP contribution is -2.29. The molecule has 1 aromatic carbocycles. The van der Waals surface area contributed by atoms with Crippen LogP contribution in [0.3, 0.4) is 0 Å². The average molecular weight is 259 g/mol. The van der Waals surface area contributed by atoms with Crippen molar-refractivity contribution in [1.29, 1.82) is 0 Å². The van der Waals surface area contributed by atoms with Gasteiger partial charge in [0, 0.05) is 6.54 Å². The first-order valence-corrected chi connectivity index (χ1v) is 6.97. The standard InChI is InChI=1S/C11H17NO4S/c1-3-17(13,14)12-8-9-16-11-6-4-10(15-2)5-7-11/h4-7,12H,3,8-9H2,1-2H3. The fourth-order valence-corrected chi connectivity index (χ4v) is 1.74. The Kier molecular flexibility index (Phi) is 5.24. The Hall–Kier alpha value is -1.27. The van der Waals surface area contributed by atoms with Gasteiger partial charge in [-0.2, -0.15) is 0 Å². The van der Waals surface area contributed by atoms with Gasteiger partial charge in [0.1, 0.15) is 18.1 Å². The van der Waals surface area contributed by atoms with Crippen molar-refractivity contribution in [1.82, 2.24) is 4.72 Å². The van der Waals surface area contributed by atoms with Crippen molar-refractivity contribution in [3.63, 3.8) is 0 Å². The molecule has 0 aliphatic heterocycles. The minimum atomic E-state index is -3.13. The van der Waals surface area contributed by atoms with Crippen molar-refractivity contribution in [2.45, 2.75) is 6.92 Å². The zero-order valence-electron chi connectivity index (χ0n) is 9.97. The molecule has 1 rings (SSSR count). The molecule has 0 aliphatic carbocycles. The lowest BCUT2D eigenvalue weighted by atomic mass is 10.3. The Morgan fingerprint density at radius 2 is 1.76 bits per heavy atom. The number of nitrogens with one attached hydrogen (secondary N) is 1. The number of benzene rings is 1. The highest BCUT2D eigenvalue weighted by atomic mass is 32.2. The van der Waals surface area contributed by atoms with Crippen LogP contribution in [0.15, 0.2) is 24.3 Å². The molecule has 6 heteroatoms. The van der Waals surface area contributed by atoms with Gasteiger partial charge in [0.25, 0.3) is 0 Å². The normalized spacial score (nSPS) is 11.2. The van der Waals surface area contributed by atoms with E-state index in [0.717, 1.165) is 5.75 Å². The van der Waals surface area contributed by atoms with Gasteiger partial charge in [0.05, 0.1) is 12.9 Å². The van der Waals surface area contributed by atoms with Gasteiger partial charge in [0.2, 0.25) is 10.0 Å². The van der Waals surface area contributed by atoms with Crippen LogP contribution in [0.2, 0.25) is 0 Å². The first-order valence-electron chi connectivity index (χ1n) is 5.31. The predicted octanol–water partition coefficient (Wildman–Crippen LogP) is 1.01. The van der Waals surface area contributed by atoms with Crippen molar-refractivity contribution in [2.24, 2.45) is 0 Å². The van der Waals surface area contributed by atoms with Crippen LogP contribution < -0.4 is 14.2 Å². The topological polar surface area (TPSA) is 64.6 Å². The zero-order chi connectivity index (χ0) is 12.7. The molecule has 0 amide bonds. The maximum atomic E-state index is 11.1. The summed E-state index contributed by atoms with van der Waals surface area (Å²) in [5, 5.41) is 0. The monoisotopic (exact) mass is 259 g/mol. The Labute approximate surface area is 102 Å². The van der Waals surface area contributed by atoms with E-state index in [1.54, 1.807) is 38.3 Å². The van der Waals surface area contributed by atoms with Crippen LogP contribution in [0.4, 0.5) is 0 Å². The highest BCUT2D eigenvalue weighted by Gasteiger charge is 2.04. The van der Waals surface area contributed by atoms with E-state index in [1.807, 2.05) is 0 Å². The van der Waals surface area contributed by atoms with E-state index in [0.29, 0.717) is 12.4 Å². The number of methoxy groups -OCH3 is 1. The third kappa shape index (κ3) is 5.06. The van der Waals surface area contributed by atoms with Gasteiger partial charge < -0.3 is 9.47 Å². The van der Waals surface area contributed by atoms with Gasteiger partial charge in [-0.25, -0.2) is 13.1 Å². The lowest BCUT2D eigenvalue weighted by Gasteiger charge is -2.07. The summed E-state index contributed by atoms with van der Waals surface area (Å²) in [6.07, 6.45) is 0. The van der Waals surface area contributed by atoms with Gasteiger partial charge in [-0.1, -0.05) is 0 Å². The molecule has 96 valence electrons. The molecule has 5 nitrogen and oxygen atoms in total. The van der Waals surface area contributed by atoms with Crippen molar-refractivity contribution >= 4 is 10.0 Å². The molecule has 0 spiro atoms. The van der Waals surface area contributed by atoms with Crippen LogP contribution in [0.5, 0.6) is 11.5 Å². The fourth-order valence-electron chi connectivity index (χ4n) is 1.14. The molecule has 1 N–H and O–H groups in total. The van der Waals surface area contributed by atoms with Crippen LogP contribution in [-0.4, -0.2) is 34.4 Å². The van der Waals surface area contributed by atoms with E-state index < -0.39 is 10.0 Å². The molecule has 0 saturated carbocycles. The Morgan fingerprint density at radius 1 is 1.18 bits per heavy atom. The third-order valence-electron chi connectivity index (χ3n) is 2.13. The van der Waals surface area contributed by atoms with Crippen molar-refractivity contribution in [3.05, 3.63) is 24.3 Å². The quantitative estimate of drug-likeness (QED) is 0.742. The van der Waals surface area contributed by atoms with Crippen molar-refractivity contribution < 1.29 is 17.9 Å². The molecular formula is C11H17NO4S. The van der Waals surface area contributed by atoms with E-state index >= 15 is 0 Å². The summed E-state index contributed by atoms with van der Waals surface area (Å²) in [6.45, 7) is 2.15. The molecule has 0 aromatic heterocycles. The Morgan fingerprint density at radius 3 is 2.29 bits per heavy atom. The van der Waals surface area contributed by atoms with Crippen molar-refractivity contribution in [3.8, 4) is 11.5 Å². The molecule has 17 heavy (non-hydrogen) atoms. The SMILES string of the molecule is CCS(=O)(=O)NCCOc1ccc(OC)cc1. The minimum absolute atomic E-state index is 0.0789. The Balaban J connectivity index is 2.31. The van der Waals surface area contributed by atoms with Gasteiger partial charge in [0.15, 0.2) is 0 Å². The molecule has 0 aliphatic rings. The van der Waals surface area contributed by atoms with Crippen molar-refractivity contribution in [2.75, 3.05) is 26.0 Å². The van der Waals surface area contributed by atoms with Gasteiger partial charge in [-0.05, 0) is 31.2 Å². The van der Waals surface area contributed by atoms with E-state index in [9.17, 15) is 8.42 Å². The number of sulfonamides is 1. The first-order chi connectivity index (χ1) is 8.07. The molecule has 1 aromatic rings. The molecular weight excluding hydrogens is 242 g/mol. The van der Waals surface area contributed by atoms with Gasteiger partial charge in [-0.3, -0.25) is 0 Å². The summed E-state index contributed by atoms with van der Waals surface area (Å²) in [7, 11) is -1.54. The molecule has 0 atom stereocenters. The summed E-state index contributed by atoms with van der Waals surface area (Å²) >= 11 is 0. The second-order valence-corrected chi connectivity index (χ2v) is 5.42. The van der Waals surface area contributed by atoms with E-state index in [2.05, 4.69) is 4.72 Å².